The number of aliphatic hydroxyl groups excluding tert-OH is 1. The lowest BCUT2D eigenvalue weighted by atomic mass is 10.0. The Bertz CT molecular complexity index is 443. The second-order valence-electron chi connectivity index (χ2n) is 5.71. The third-order valence-electron chi connectivity index (χ3n) is 3.52. The molecule has 1 saturated heterocycles. The summed E-state index contributed by atoms with van der Waals surface area (Å²) >= 11 is 6.01. The van der Waals surface area contributed by atoms with Crippen molar-refractivity contribution in [2.24, 2.45) is 0 Å². The molecule has 1 aromatic rings. The Labute approximate surface area is 137 Å². The zero-order valence-corrected chi connectivity index (χ0v) is 14.0. The van der Waals surface area contributed by atoms with Gasteiger partial charge in [0.05, 0.1) is 18.2 Å². The highest BCUT2D eigenvalue weighted by atomic mass is 35.5. The molecule has 0 radical (unpaired) electrons. The number of rotatable bonds is 5. The summed E-state index contributed by atoms with van der Waals surface area (Å²) < 4.78 is 11.0. The van der Waals surface area contributed by atoms with E-state index in [-0.39, 0.29) is 24.6 Å². The molecule has 1 fully saturated rings. The molecule has 1 aliphatic heterocycles. The molecule has 120 valence electrons. The molecule has 2 rings (SSSR count). The van der Waals surface area contributed by atoms with E-state index in [9.17, 15) is 5.11 Å². The van der Waals surface area contributed by atoms with Crippen molar-refractivity contribution in [3.8, 4) is 5.75 Å². The minimum Gasteiger partial charge on any atom is -0.489 e. The molecule has 1 aromatic carbocycles. The fourth-order valence-corrected chi connectivity index (χ4v) is 2.47. The zero-order chi connectivity index (χ0) is 14.6. The molecule has 1 heterocycles. The molecule has 0 spiro atoms. The molecule has 1 atom stereocenters. The van der Waals surface area contributed by atoms with Gasteiger partial charge in [-0.2, -0.15) is 0 Å². The molecular formula is C15H23Cl2NO3. The average Bonchev–Trinajstić information content (AvgIpc) is 2.40. The van der Waals surface area contributed by atoms with Crippen LogP contribution in [0.15, 0.2) is 24.3 Å². The van der Waals surface area contributed by atoms with Crippen LogP contribution >= 0.6 is 24.0 Å². The number of morpholine rings is 1. The van der Waals surface area contributed by atoms with Crippen LogP contribution in [0.25, 0.3) is 0 Å². The van der Waals surface area contributed by atoms with Crippen LogP contribution in [0.5, 0.6) is 5.75 Å². The largest absolute Gasteiger partial charge is 0.489 e. The summed E-state index contributed by atoms with van der Waals surface area (Å²) in [6, 6.07) is 7.28. The van der Waals surface area contributed by atoms with E-state index >= 15 is 0 Å². The summed E-state index contributed by atoms with van der Waals surface area (Å²) in [5.41, 5.74) is -0.0520. The van der Waals surface area contributed by atoms with Crippen LogP contribution in [0.4, 0.5) is 0 Å². The van der Waals surface area contributed by atoms with Gasteiger partial charge in [-0.05, 0) is 26.0 Å². The maximum atomic E-state index is 10.1. The number of ether oxygens (including phenoxy) is 2. The van der Waals surface area contributed by atoms with Gasteiger partial charge < -0.3 is 14.6 Å². The first kappa shape index (κ1) is 18.5. The first-order valence-electron chi connectivity index (χ1n) is 6.87. The van der Waals surface area contributed by atoms with Crippen molar-refractivity contribution >= 4 is 24.0 Å². The molecule has 0 bridgehead atoms. The van der Waals surface area contributed by atoms with Gasteiger partial charge in [-0.3, -0.25) is 4.90 Å². The van der Waals surface area contributed by atoms with Crippen molar-refractivity contribution in [2.45, 2.75) is 25.5 Å². The molecule has 1 aliphatic rings. The fourth-order valence-electron chi connectivity index (χ4n) is 2.28. The van der Waals surface area contributed by atoms with E-state index < -0.39 is 6.10 Å². The van der Waals surface area contributed by atoms with Crippen molar-refractivity contribution < 1.29 is 14.6 Å². The van der Waals surface area contributed by atoms with Crippen molar-refractivity contribution in [2.75, 3.05) is 32.9 Å². The SMILES string of the molecule is CC1(C)COCCN1CC(O)COc1ccccc1Cl.Cl. The summed E-state index contributed by atoms with van der Waals surface area (Å²) in [6.07, 6.45) is -0.552. The van der Waals surface area contributed by atoms with Crippen LogP contribution < -0.4 is 4.74 Å². The van der Waals surface area contributed by atoms with E-state index in [4.69, 9.17) is 21.1 Å². The predicted molar refractivity (Wildman–Crippen MR) is 86.7 cm³/mol. The first-order valence-corrected chi connectivity index (χ1v) is 7.25. The minimum atomic E-state index is -0.552. The Morgan fingerprint density at radius 2 is 2.14 bits per heavy atom. The highest BCUT2D eigenvalue weighted by Crippen LogP contribution is 2.23. The lowest BCUT2D eigenvalue weighted by Gasteiger charge is -2.42. The Morgan fingerprint density at radius 3 is 2.81 bits per heavy atom. The van der Waals surface area contributed by atoms with Gasteiger partial charge in [-0.15, -0.1) is 12.4 Å². The molecule has 0 aromatic heterocycles. The predicted octanol–water partition coefficient (Wildman–Crippen LogP) is 2.61. The van der Waals surface area contributed by atoms with E-state index in [2.05, 4.69) is 18.7 Å². The highest BCUT2D eigenvalue weighted by Gasteiger charge is 2.31. The number of aliphatic hydroxyl groups is 1. The lowest BCUT2D eigenvalue weighted by molar-refractivity contribution is -0.0703. The quantitative estimate of drug-likeness (QED) is 0.898. The zero-order valence-electron chi connectivity index (χ0n) is 12.4. The van der Waals surface area contributed by atoms with Gasteiger partial charge in [-0.1, -0.05) is 23.7 Å². The Hall–Kier alpha value is -0.520. The number of para-hydroxylation sites is 1. The lowest BCUT2D eigenvalue weighted by Crippen LogP contribution is -2.55. The van der Waals surface area contributed by atoms with Crippen LogP contribution in [0, 0.1) is 0 Å². The molecule has 0 saturated carbocycles. The van der Waals surface area contributed by atoms with Crippen molar-refractivity contribution in [3.05, 3.63) is 29.3 Å². The summed E-state index contributed by atoms with van der Waals surface area (Å²) in [5.74, 6) is 0.606. The van der Waals surface area contributed by atoms with E-state index in [1.165, 1.54) is 0 Å². The molecule has 6 heteroatoms. The standard InChI is InChI=1S/C15H22ClNO3.ClH/c1-15(2)11-19-8-7-17(15)9-12(18)10-20-14-6-4-3-5-13(14)16;/h3-6,12,18H,7-11H2,1-2H3;1H. The summed E-state index contributed by atoms with van der Waals surface area (Å²) in [7, 11) is 0. The molecule has 4 nitrogen and oxygen atoms in total. The molecule has 0 amide bonds. The van der Waals surface area contributed by atoms with E-state index in [0.717, 1.165) is 6.54 Å². The normalized spacial score (nSPS) is 19.6. The van der Waals surface area contributed by atoms with Gasteiger partial charge in [0, 0.05) is 18.6 Å². The van der Waals surface area contributed by atoms with Gasteiger partial charge in [0.25, 0.3) is 0 Å². The number of β-amino-alcohol motifs (C(OH)–C–C–N with tert-alkyl or cyclic N) is 1. The van der Waals surface area contributed by atoms with E-state index in [1.54, 1.807) is 12.1 Å². The third-order valence-corrected chi connectivity index (χ3v) is 3.83. The van der Waals surface area contributed by atoms with Crippen LogP contribution in [-0.2, 0) is 4.74 Å². The van der Waals surface area contributed by atoms with Crippen LogP contribution in [-0.4, -0.2) is 54.6 Å². The maximum Gasteiger partial charge on any atom is 0.138 e. The van der Waals surface area contributed by atoms with Crippen LogP contribution in [0.1, 0.15) is 13.8 Å². The van der Waals surface area contributed by atoms with Gasteiger partial charge in [0.1, 0.15) is 18.5 Å². The Kier molecular flexibility index (Phi) is 7.24. The molecule has 1 N–H and O–H groups in total. The number of hydrogen-bond donors (Lipinski definition) is 1. The third kappa shape index (κ3) is 5.31. The second kappa shape index (κ2) is 8.20. The molecule has 0 aliphatic carbocycles. The minimum absolute atomic E-state index is 0. The number of nitrogens with zero attached hydrogens (tertiary/aromatic N) is 1. The van der Waals surface area contributed by atoms with Gasteiger partial charge in [0.2, 0.25) is 0 Å². The topological polar surface area (TPSA) is 41.9 Å². The van der Waals surface area contributed by atoms with Gasteiger partial charge in [0.15, 0.2) is 0 Å². The smallest absolute Gasteiger partial charge is 0.138 e. The van der Waals surface area contributed by atoms with E-state index in [1.807, 2.05) is 12.1 Å². The number of halogens is 2. The molecular weight excluding hydrogens is 313 g/mol. The summed E-state index contributed by atoms with van der Waals surface area (Å²) in [5, 5.41) is 10.7. The van der Waals surface area contributed by atoms with Gasteiger partial charge >= 0.3 is 0 Å². The van der Waals surface area contributed by atoms with E-state index in [0.29, 0.717) is 30.5 Å². The van der Waals surface area contributed by atoms with Gasteiger partial charge in [-0.25, -0.2) is 0 Å². The maximum absolute atomic E-state index is 10.1. The summed E-state index contributed by atoms with van der Waals surface area (Å²) in [6.45, 7) is 7.27. The monoisotopic (exact) mass is 335 g/mol. The van der Waals surface area contributed by atoms with Crippen LogP contribution in [0.3, 0.4) is 0 Å². The highest BCUT2D eigenvalue weighted by molar-refractivity contribution is 6.32. The van der Waals surface area contributed by atoms with Crippen molar-refractivity contribution in [1.82, 2.24) is 4.90 Å². The fraction of sp³-hybridized carbons (Fsp3) is 0.600. The molecule has 1 unspecified atom stereocenters. The van der Waals surface area contributed by atoms with Crippen molar-refractivity contribution in [3.63, 3.8) is 0 Å². The Balaban J connectivity index is 0.00000220. The first-order chi connectivity index (χ1) is 9.49. The summed E-state index contributed by atoms with van der Waals surface area (Å²) in [4.78, 5) is 2.23. The van der Waals surface area contributed by atoms with Crippen molar-refractivity contribution in [1.29, 1.82) is 0 Å². The van der Waals surface area contributed by atoms with Crippen LogP contribution in [0.2, 0.25) is 5.02 Å². The number of hydrogen-bond acceptors (Lipinski definition) is 4. The average molecular weight is 336 g/mol. The number of benzene rings is 1. The molecule has 21 heavy (non-hydrogen) atoms. The Morgan fingerprint density at radius 1 is 1.43 bits per heavy atom. The second-order valence-corrected chi connectivity index (χ2v) is 6.11.